The molecule has 0 aliphatic carbocycles. The molecule has 0 aromatic heterocycles. The van der Waals surface area contributed by atoms with Gasteiger partial charge in [-0.1, -0.05) is 17.7 Å². The first-order valence-electron chi connectivity index (χ1n) is 7.43. The van der Waals surface area contributed by atoms with Crippen molar-refractivity contribution in [3.05, 3.63) is 28.8 Å². The summed E-state index contributed by atoms with van der Waals surface area (Å²) in [5.41, 5.74) is 8.36. The maximum atomic E-state index is 6.15. The number of rotatable bonds is 5. The van der Waals surface area contributed by atoms with Gasteiger partial charge in [0.2, 0.25) is 0 Å². The summed E-state index contributed by atoms with van der Waals surface area (Å²) >= 11 is 6.15. The highest BCUT2D eigenvalue weighted by Crippen LogP contribution is 2.26. The fourth-order valence-corrected chi connectivity index (χ4v) is 2.93. The van der Waals surface area contributed by atoms with Crippen LogP contribution in [0.4, 0.5) is 5.69 Å². The number of hydrogen-bond donors (Lipinski definition) is 1. The van der Waals surface area contributed by atoms with E-state index in [1.807, 2.05) is 19.1 Å². The number of hydrogen-bond acceptors (Lipinski definition) is 3. The third-order valence-corrected chi connectivity index (χ3v) is 3.99. The van der Waals surface area contributed by atoms with Crippen LogP contribution in [0.15, 0.2) is 18.2 Å². The fraction of sp³-hybridized carbons (Fsp3) is 0.625. The quantitative estimate of drug-likeness (QED) is 0.906. The van der Waals surface area contributed by atoms with Crippen molar-refractivity contribution in [2.45, 2.75) is 44.8 Å². The second kappa shape index (κ2) is 7.30. The molecule has 112 valence electrons. The van der Waals surface area contributed by atoms with Gasteiger partial charge in [0.1, 0.15) is 0 Å². The van der Waals surface area contributed by atoms with Crippen molar-refractivity contribution in [3.8, 4) is 0 Å². The zero-order valence-electron chi connectivity index (χ0n) is 12.4. The third kappa shape index (κ3) is 4.37. The molecule has 1 aromatic carbocycles. The van der Waals surface area contributed by atoms with Crippen molar-refractivity contribution in [2.24, 2.45) is 5.73 Å². The number of likely N-dealkylation sites (N-methyl/N-ethyl adjacent to an activating group) is 1. The summed E-state index contributed by atoms with van der Waals surface area (Å²) in [4.78, 5) is 2.25. The van der Waals surface area contributed by atoms with Crippen LogP contribution < -0.4 is 10.6 Å². The van der Waals surface area contributed by atoms with Gasteiger partial charge in [-0.15, -0.1) is 0 Å². The van der Waals surface area contributed by atoms with Gasteiger partial charge in [0.25, 0.3) is 0 Å². The van der Waals surface area contributed by atoms with E-state index in [1.165, 1.54) is 24.1 Å². The Bertz CT molecular complexity index is 430. The molecule has 0 amide bonds. The molecule has 1 aromatic rings. The lowest BCUT2D eigenvalue weighted by molar-refractivity contribution is 0.0216. The number of nitrogens with two attached hydrogens (primary N) is 1. The summed E-state index contributed by atoms with van der Waals surface area (Å²) in [6, 6.07) is 6.20. The molecule has 1 heterocycles. The van der Waals surface area contributed by atoms with Gasteiger partial charge in [0.15, 0.2) is 0 Å². The highest BCUT2D eigenvalue weighted by Gasteiger charge is 2.18. The summed E-state index contributed by atoms with van der Waals surface area (Å²) < 4.78 is 5.82. The van der Waals surface area contributed by atoms with E-state index in [1.54, 1.807) is 0 Å². The van der Waals surface area contributed by atoms with Crippen LogP contribution in [0, 0.1) is 0 Å². The Morgan fingerprint density at radius 2 is 2.25 bits per heavy atom. The minimum atomic E-state index is 0.147. The van der Waals surface area contributed by atoms with Gasteiger partial charge >= 0.3 is 0 Å². The molecule has 0 radical (unpaired) electrons. The third-order valence-electron chi connectivity index (χ3n) is 3.75. The molecule has 1 saturated heterocycles. The van der Waals surface area contributed by atoms with Crippen LogP contribution in [0.2, 0.25) is 5.02 Å². The predicted molar refractivity (Wildman–Crippen MR) is 85.7 cm³/mol. The molecule has 3 nitrogen and oxygen atoms in total. The van der Waals surface area contributed by atoms with E-state index in [4.69, 9.17) is 22.1 Å². The van der Waals surface area contributed by atoms with Crippen molar-refractivity contribution in [3.63, 3.8) is 0 Å². The van der Waals surface area contributed by atoms with Gasteiger partial charge in [0, 0.05) is 37.0 Å². The van der Waals surface area contributed by atoms with E-state index < -0.39 is 0 Å². The molecule has 1 fully saturated rings. The maximum Gasteiger partial charge on any atom is 0.0749 e. The Morgan fingerprint density at radius 1 is 1.45 bits per heavy atom. The molecule has 0 spiro atoms. The number of halogens is 1. The van der Waals surface area contributed by atoms with Crippen molar-refractivity contribution < 1.29 is 4.74 Å². The van der Waals surface area contributed by atoms with Gasteiger partial charge in [-0.3, -0.25) is 0 Å². The molecular weight excluding hydrogens is 272 g/mol. The molecule has 4 heteroatoms. The molecule has 2 atom stereocenters. The zero-order valence-corrected chi connectivity index (χ0v) is 13.2. The first-order chi connectivity index (χ1) is 9.56. The largest absolute Gasteiger partial charge is 0.376 e. The fourth-order valence-electron chi connectivity index (χ4n) is 2.77. The van der Waals surface area contributed by atoms with Gasteiger partial charge in [-0.05, 0) is 50.3 Å². The standard InChI is InChI=1S/C16H25ClN2O/c1-12(18)9-13-6-7-14(17)10-16(13)19(2)11-15-5-3-4-8-20-15/h6-7,10,12,15H,3-5,8-9,11,18H2,1-2H3. The van der Waals surface area contributed by atoms with Crippen LogP contribution in [0.1, 0.15) is 31.7 Å². The predicted octanol–water partition coefficient (Wildman–Crippen LogP) is 3.24. The highest BCUT2D eigenvalue weighted by molar-refractivity contribution is 6.30. The topological polar surface area (TPSA) is 38.5 Å². The first-order valence-corrected chi connectivity index (χ1v) is 7.81. The normalized spacial score (nSPS) is 20.7. The summed E-state index contributed by atoms with van der Waals surface area (Å²) in [5.74, 6) is 0. The SMILES string of the molecule is CC(N)Cc1ccc(Cl)cc1N(C)CC1CCCCO1. The molecule has 2 N–H and O–H groups in total. The molecule has 2 unspecified atom stereocenters. The summed E-state index contributed by atoms with van der Waals surface area (Å²) in [6.45, 7) is 3.83. The van der Waals surface area contributed by atoms with Crippen LogP contribution in [0.5, 0.6) is 0 Å². The highest BCUT2D eigenvalue weighted by atomic mass is 35.5. The van der Waals surface area contributed by atoms with Crippen molar-refractivity contribution in [1.29, 1.82) is 0 Å². The van der Waals surface area contributed by atoms with E-state index in [-0.39, 0.29) is 6.04 Å². The zero-order chi connectivity index (χ0) is 14.5. The minimum Gasteiger partial charge on any atom is -0.376 e. The van der Waals surface area contributed by atoms with E-state index in [9.17, 15) is 0 Å². The van der Waals surface area contributed by atoms with Gasteiger partial charge in [0.05, 0.1) is 6.10 Å². The Morgan fingerprint density at radius 3 is 2.90 bits per heavy atom. The minimum absolute atomic E-state index is 0.147. The molecular formula is C16H25ClN2O. The number of ether oxygens (including phenoxy) is 1. The van der Waals surface area contributed by atoms with Crippen molar-refractivity contribution in [1.82, 2.24) is 0 Å². The Balaban J connectivity index is 2.10. The second-order valence-electron chi connectivity index (χ2n) is 5.82. The smallest absolute Gasteiger partial charge is 0.0749 e. The van der Waals surface area contributed by atoms with Crippen LogP contribution in [-0.4, -0.2) is 32.3 Å². The van der Waals surface area contributed by atoms with E-state index in [0.29, 0.717) is 6.10 Å². The first kappa shape index (κ1) is 15.6. The van der Waals surface area contributed by atoms with Gasteiger partial charge in [-0.2, -0.15) is 0 Å². The van der Waals surface area contributed by atoms with Crippen LogP contribution in [0.3, 0.4) is 0 Å². The Hall–Kier alpha value is -0.770. The Kier molecular flexibility index (Phi) is 5.70. The van der Waals surface area contributed by atoms with E-state index >= 15 is 0 Å². The summed E-state index contributed by atoms with van der Waals surface area (Å²) in [7, 11) is 2.11. The Labute approximate surface area is 127 Å². The van der Waals surface area contributed by atoms with E-state index in [2.05, 4.69) is 18.0 Å². The van der Waals surface area contributed by atoms with Gasteiger partial charge < -0.3 is 15.4 Å². The lowest BCUT2D eigenvalue weighted by Gasteiger charge is -2.30. The average molecular weight is 297 g/mol. The second-order valence-corrected chi connectivity index (χ2v) is 6.26. The molecule has 1 aliphatic heterocycles. The maximum absolute atomic E-state index is 6.15. The van der Waals surface area contributed by atoms with Crippen molar-refractivity contribution in [2.75, 3.05) is 25.1 Å². The summed E-state index contributed by atoms with van der Waals surface area (Å²) in [5, 5.41) is 0.768. The molecule has 0 saturated carbocycles. The molecule has 0 bridgehead atoms. The van der Waals surface area contributed by atoms with Crippen molar-refractivity contribution >= 4 is 17.3 Å². The monoisotopic (exact) mass is 296 g/mol. The lowest BCUT2D eigenvalue weighted by atomic mass is 10.0. The lowest BCUT2D eigenvalue weighted by Crippen LogP contribution is -2.34. The number of nitrogens with zero attached hydrogens (tertiary/aromatic N) is 1. The van der Waals surface area contributed by atoms with Crippen LogP contribution >= 0.6 is 11.6 Å². The van der Waals surface area contributed by atoms with Gasteiger partial charge in [-0.25, -0.2) is 0 Å². The number of anilines is 1. The van der Waals surface area contributed by atoms with E-state index in [0.717, 1.165) is 31.0 Å². The molecule has 1 aliphatic rings. The molecule has 20 heavy (non-hydrogen) atoms. The summed E-state index contributed by atoms with van der Waals surface area (Å²) in [6.07, 6.45) is 4.79. The molecule has 2 rings (SSSR count). The average Bonchev–Trinajstić information content (AvgIpc) is 2.41. The van der Waals surface area contributed by atoms with Crippen LogP contribution in [0.25, 0.3) is 0 Å². The van der Waals surface area contributed by atoms with Crippen LogP contribution in [-0.2, 0) is 11.2 Å². The number of benzene rings is 1.